The molecule has 0 amide bonds. The molecule has 1 fully saturated rings. The summed E-state index contributed by atoms with van der Waals surface area (Å²) in [6, 6.07) is 10.6. The Morgan fingerprint density at radius 1 is 1.10 bits per heavy atom. The number of hydrogen-bond acceptors (Lipinski definition) is 7. The maximum atomic E-state index is 13.5. The summed E-state index contributed by atoms with van der Waals surface area (Å²) in [4.78, 5) is 23.3. The normalized spacial score (nSPS) is 20.0. The molecule has 5 rings (SSSR count). The highest BCUT2D eigenvalue weighted by molar-refractivity contribution is 5.91. The highest BCUT2D eigenvalue weighted by Crippen LogP contribution is 2.27. The number of hydrogen-bond donors (Lipinski definition) is 1. The van der Waals surface area contributed by atoms with E-state index in [9.17, 15) is 4.39 Å². The highest BCUT2D eigenvalue weighted by atomic mass is 19.1. The van der Waals surface area contributed by atoms with Gasteiger partial charge in [0.25, 0.3) is 0 Å². The van der Waals surface area contributed by atoms with E-state index < -0.39 is 0 Å². The van der Waals surface area contributed by atoms with Crippen molar-refractivity contribution in [2.75, 3.05) is 37.6 Å². The zero-order valence-electron chi connectivity index (χ0n) is 15.8. The number of amidine groups is 1. The third-order valence-corrected chi connectivity index (χ3v) is 5.30. The predicted octanol–water partition coefficient (Wildman–Crippen LogP) is 2.52. The van der Waals surface area contributed by atoms with E-state index in [1.807, 2.05) is 24.3 Å². The van der Waals surface area contributed by atoms with E-state index in [4.69, 9.17) is 4.84 Å². The predicted molar refractivity (Wildman–Crippen MR) is 109 cm³/mol. The standard InChI is InChI=1S/C21H21FN6O/c22-16-3-4-17-18(12-16)24-7-5-19(17)28-10-8-27(9-11-28)14-20-25-21(29-26-20)15-2-1-6-23-13-15/h1-7,12-13,21H,8-11,14H2,(H,25,26). The van der Waals surface area contributed by atoms with E-state index in [0.717, 1.165) is 48.7 Å². The Morgan fingerprint density at radius 2 is 2.00 bits per heavy atom. The Labute approximate surface area is 167 Å². The number of nitrogens with zero attached hydrogens (tertiary/aromatic N) is 5. The van der Waals surface area contributed by atoms with Crippen molar-refractivity contribution in [3.63, 3.8) is 0 Å². The van der Waals surface area contributed by atoms with E-state index in [-0.39, 0.29) is 12.0 Å². The number of benzene rings is 1. The van der Waals surface area contributed by atoms with Crippen LogP contribution in [0, 0.1) is 5.82 Å². The molecule has 0 spiro atoms. The van der Waals surface area contributed by atoms with E-state index >= 15 is 0 Å². The topological polar surface area (TPSA) is 65.9 Å². The molecule has 1 atom stereocenters. The van der Waals surface area contributed by atoms with Crippen molar-refractivity contribution < 1.29 is 9.23 Å². The number of aromatic nitrogens is 2. The maximum absolute atomic E-state index is 13.5. The lowest BCUT2D eigenvalue weighted by Crippen LogP contribution is -2.49. The number of aliphatic imine (C=N–C) groups is 1. The number of fused-ring (bicyclic) bond motifs is 1. The van der Waals surface area contributed by atoms with E-state index in [0.29, 0.717) is 12.1 Å². The zero-order chi connectivity index (χ0) is 19.6. The summed E-state index contributed by atoms with van der Waals surface area (Å²) >= 11 is 0. The van der Waals surface area contributed by atoms with Crippen LogP contribution >= 0.6 is 0 Å². The Bertz CT molecular complexity index is 1040. The summed E-state index contributed by atoms with van der Waals surface area (Å²) in [5.41, 5.74) is 5.67. The van der Waals surface area contributed by atoms with Gasteiger partial charge in [-0.15, -0.1) is 0 Å². The summed E-state index contributed by atoms with van der Waals surface area (Å²) in [6.45, 7) is 4.30. The van der Waals surface area contributed by atoms with Crippen LogP contribution in [0.4, 0.5) is 10.1 Å². The maximum Gasteiger partial charge on any atom is 0.203 e. The number of piperazine rings is 1. The van der Waals surface area contributed by atoms with Crippen LogP contribution in [0.3, 0.4) is 0 Å². The summed E-state index contributed by atoms with van der Waals surface area (Å²) < 4.78 is 13.5. The molecule has 2 aromatic heterocycles. The van der Waals surface area contributed by atoms with E-state index in [1.54, 1.807) is 18.6 Å². The van der Waals surface area contributed by atoms with E-state index in [2.05, 4.69) is 30.2 Å². The van der Waals surface area contributed by atoms with Crippen LogP contribution in [-0.2, 0) is 4.84 Å². The number of pyridine rings is 2. The minimum Gasteiger partial charge on any atom is -0.368 e. The minimum absolute atomic E-state index is 0.261. The number of hydroxylamine groups is 1. The van der Waals surface area contributed by atoms with Crippen LogP contribution in [0.2, 0.25) is 0 Å². The van der Waals surface area contributed by atoms with Crippen molar-refractivity contribution in [1.29, 1.82) is 0 Å². The van der Waals surface area contributed by atoms with Crippen LogP contribution in [0.15, 0.2) is 60.0 Å². The molecule has 0 radical (unpaired) electrons. The Balaban J connectivity index is 1.23. The summed E-state index contributed by atoms with van der Waals surface area (Å²) in [6.07, 6.45) is 4.90. The van der Waals surface area contributed by atoms with Crippen molar-refractivity contribution in [3.05, 3.63) is 66.4 Å². The molecule has 0 bridgehead atoms. The lowest BCUT2D eigenvalue weighted by Gasteiger charge is -2.36. The molecule has 0 aliphatic carbocycles. The van der Waals surface area contributed by atoms with Gasteiger partial charge in [-0.3, -0.25) is 14.9 Å². The zero-order valence-corrected chi connectivity index (χ0v) is 15.8. The Kier molecular flexibility index (Phi) is 4.79. The van der Waals surface area contributed by atoms with Crippen molar-refractivity contribution in [1.82, 2.24) is 20.3 Å². The van der Waals surface area contributed by atoms with Gasteiger partial charge in [0.2, 0.25) is 6.23 Å². The van der Waals surface area contributed by atoms with Gasteiger partial charge in [0.1, 0.15) is 11.7 Å². The number of rotatable bonds is 4. The molecule has 7 nitrogen and oxygen atoms in total. The second-order valence-corrected chi connectivity index (χ2v) is 7.19. The summed E-state index contributed by atoms with van der Waals surface area (Å²) in [5.74, 6) is 0.570. The first kappa shape index (κ1) is 18.0. The van der Waals surface area contributed by atoms with Crippen LogP contribution in [-0.4, -0.2) is 53.4 Å². The van der Waals surface area contributed by atoms with Crippen LogP contribution in [0.5, 0.6) is 0 Å². The third kappa shape index (κ3) is 3.76. The molecule has 2 aliphatic heterocycles. The smallest absolute Gasteiger partial charge is 0.203 e. The molecule has 1 aromatic carbocycles. The monoisotopic (exact) mass is 392 g/mol. The molecule has 8 heteroatoms. The molecule has 0 saturated carbocycles. The van der Waals surface area contributed by atoms with Gasteiger partial charge in [0, 0.05) is 67.5 Å². The first-order valence-electron chi connectivity index (χ1n) is 9.66. The molecule has 1 unspecified atom stereocenters. The van der Waals surface area contributed by atoms with Gasteiger partial charge in [-0.25, -0.2) is 19.7 Å². The fourth-order valence-electron chi connectivity index (χ4n) is 3.80. The SMILES string of the molecule is Fc1ccc2c(N3CCN(CC4=NC(c5cccnc5)ON4)CC3)ccnc2c1. The van der Waals surface area contributed by atoms with Gasteiger partial charge < -0.3 is 4.90 Å². The van der Waals surface area contributed by atoms with Crippen molar-refractivity contribution >= 4 is 22.4 Å². The van der Waals surface area contributed by atoms with Gasteiger partial charge in [-0.2, -0.15) is 0 Å². The Morgan fingerprint density at radius 3 is 2.83 bits per heavy atom. The molecule has 2 aliphatic rings. The number of nitrogens with one attached hydrogen (secondary N) is 1. The number of halogens is 1. The lowest BCUT2D eigenvalue weighted by molar-refractivity contribution is 0.0363. The van der Waals surface area contributed by atoms with Gasteiger partial charge in [0.15, 0.2) is 0 Å². The first-order chi connectivity index (χ1) is 14.3. The molecule has 148 valence electrons. The van der Waals surface area contributed by atoms with Gasteiger partial charge >= 0.3 is 0 Å². The van der Waals surface area contributed by atoms with Crippen LogP contribution < -0.4 is 10.4 Å². The second-order valence-electron chi connectivity index (χ2n) is 7.19. The quantitative estimate of drug-likeness (QED) is 0.736. The van der Waals surface area contributed by atoms with E-state index in [1.165, 1.54) is 12.1 Å². The van der Waals surface area contributed by atoms with Crippen molar-refractivity contribution in [3.8, 4) is 0 Å². The molecule has 1 saturated heterocycles. The summed E-state index contributed by atoms with van der Waals surface area (Å²) in [7, 11) is 0. The lowest BCUT2D eigenvalue weighted by atomic mass is 10.1. The van der Waals surface area contributed by atoms with Gasteiger partial charge in [0.05, 0.1) is 12.1 Å². The molecular formula is C21H21FN6O. The van der Waals surface area contributed by atoms with Crippen molar-refractivity contribution in [2.45, 2.75) is 6.23 Å². The fraction of sp³-hybridized carbons (Fsp3) is 0.286. The molecule has 4 heterocycles. The average Bonchev–Trinajstić information content (AvgIpc) is 3.23. The molecular weight excluding hydrogens is 371 g/mol. The molecule has 29 heavy (non-hydrogen) atoms. The second kappa shape index (κ2) is 7.73. The van der Waals surface area contributed by atoms with Crippen molar-refractivity contribution in [2.24, 2.45) is 4.99 Å². The summed E-state index contributed by atoms with van der Waals surface area (Å²) in [5, 5.41) is 0.983. The van der Waals surface area contributed by atoms with Gasteiger partial charge in [-0.05, 0) is 24.3 Å². The largest absolute Gasteiger partial charge is 0.368 e. The minimum atomic E-state index is -0.344. The molecule has 1 N–H and O–H groups in total. The average molecular weight is 392 g/mol. The number of anilines is 1. The van der Waals surface area contributed by atoms with Gasteiger partial charge in [-0.1, -0.05) is 6.07 Å². The van der Waals surface area contributed by atoms with Crippen LogP contribution in [0.1, 0.15) is 11.8 Å². The third-order valence-electron chi connectivity index (χ3n) is 5.30. The highest BCUT2D eigenvalue weighted by Gasteiger charge is 2.24. The Hall–Kier alpha value is -3.10. The first-order valence-corrected chi connectivity index (χ1v) is 9.66. The fourth-order valence-corrected chi connectivity index (χ4v) is 3.80. The molecule has 3 aromatic rings. The van der Waals surface area contributed by atoms with Crippen LogP contribution in [0.25, 0.3) is 10.9 Å².